The molecule has 0 N–H and O–H groups in total. The fourth-order valence-electron chi connectivity index (χ4n) is 3.66. The third-order valence-electron chi connectivity index (χ3n) is 5.42. The van der Waals surface area contributed by atoms with Gasteiger partial charge in [-0.05, 0) is 31.5 Å². The third-order valence-corrected chi connectivity index (χ3v) is 5.42. The SMILES string of the molecule is COc1ccc(CN2C(=O)COC[C@H]2C(=O)N(Cc2ccccc2)C(C)C)c(OC)c1. The van der Waals surface area contributed by atoms with Crippen molar-refractivity contribution in [2.45, 2.75) is 39.0 Å². The molecule has 0 aliphatic carbocycles. The van der Waals surface area contributed by atoms with E-state index in [1.807, 2.05) is 56.3 Å². The highest BCUT2D eigenvalue weighted by Crippen LogP contribution is 2.27. The second-order valence-electron chi connectivity index (χ2n) is 7.78. The number of amides is 2. The van der Waals surface area contributed by atoms with Crippen LogP contribution in [0, 0.1) is 0 Å². The van der Waals surface area contributed by atoms with Crippen molar-refractivity contribution in [3.63, 3.8) is 0 Å². The average molecular weight is 427 g/mol. The zero-order valence-corrected chi connectivity index (χ0v) is 18.5. The van der Waals surface area contributed by atoms with Crippen LogP contribution < -0.4 is 9.47 Å². The van der Waals surface area contributed by atoms with Crippen LogP contribution in [0.15, 0.2) is 48.5 Å². The molecule has 7 heteroatoms. The Morgan fingerprint density at radius 1 is 1.16 bits per heavy atom. The van der Waals surface area contributed by atoms with Gasteiger partial charge in [-0.2, -0.15) is 0 Å². The van der Waals surface area contributed by atoms with Gasteiger partial charge in [0.15, 0.2) is 0 Å². The predicted octanol–water partition coefficient (Wildman–Crippen LogP) is 2.87. The number of benzene rings is 2. The number of rotatable bonds is 8. The molecule has 2 aromatic carbocycles. The Hall–Kier alpha value is -3.06. The van der Waals surface area contributed by atoms with E-state index < -0.39 is 6.04 Å². The Balaban J connectivity index is 1.85. The van der Waals surface area contributed by atoms with Crippen LogP contribution in [0.25, 0.3) is 0 Å². The third kappa shape index (κ3) is 5.35. The van der Waals surface area contributed by atoms with Gasteiger partial charge in [0.25, 0.3) is 0 Å². The molecule has 1 atom stereocenters. The largest absolute Gasteiger partial charge is 0.497 e. The number of hydrogen-bond donors (Lipinski definition) is 0. The summed E-state index contributed by atoms with van der Waals surface area (Å²) >= 11 is 0. The zero-order chi connectivity index (χ0) is 22.4. The molecule has 1 heterocycles. The molecule has 31 heavy (non-hydrogen) atoms. The van der Waals surface area contributed by atoms with Gasteiger partial charge in [-0.25, -0.2) is 0 Å². The number of ether oxygens (including phenoxy) is 3. The molecule has 0 bridgehead atoms. The van der Waals surface area contributed by atoms with Gasteiger partial charge in [0.2, 0.25) is 11.8 Å². The van der Waals surface area contributed by atoms with E-state index in [9.17, 15) is 9.59 Å². The molecular weight excluding hydrogens is 396 g/mol. The second-order valence-corrected chi connectivity index (χ2v) is 7.78. The van der Waals surface area contributed by atoms with Crippen molar-refractivity contribution in [3.8, 4) is 11.5 Å². The van der Waals surface area contributed by atoms with Gasteiger partial charge in [-0.15, -0.1) is 0 Å². The number of carbonyl (C=O) groups is 2. The predicted molar refractivity (Wildman–Crippen MR) is 117 cm³/mol. The molecule has 1 aliphatic heterocycles. The van der Waals surface area contributed by atoms with Crippen LogP contribution in [0.5, 0.6) is 11.5 Å². The fraction of sp³-hybridized carbons (Fsp3) is 0.417. The second kappa shape index (κ2) is 10.3. The molecule has 166 valence electrons. The topological polar surface area (TPSA) is 68.3 Å². The van der Waals surface area contributed by atoms with Gasteiger partial charge in [0, 0.05) is 24.2 Å². The molecule has 0 saturated carbocycles. The van der Waals surface area contributed by atoms with E-state index in [2.05, 4.69) is 0 Å². The number of morpholine rings is 1. The highest BCUT2D eigenvalue weighted by atomic mass is 16.5. The maximum atomic E-state index is 13.5. The molecule has 0 spiro atoms. The van der Waals surface area contributed by atoms with E-state index in [0.29, 0.717) is 18.0 Å². The Morgan fingerprint density at radius 2 is 1.90 bits per heavy atom. The van der Waals surface area contributed by atoms with Crippen LogP contribution in [0.4, 0.5) is 0 Å². The molecule has 1 aliphatic rings. The van der Waals surface area contributed by atoms with E-state index in [1.165, 1.54) is 0 Å². The van der Waals surface area contributed by atoms with Crippen molar-refractivity contribution in [3.05, 3.63) is 59.7 Å². The lowest BCUT2D eigenvalue weighted by molar-refractivity contribution is -0.161. The number of carbonyl (C=O) groups excluding carboxylic acids is 2. The van der Waals surface area contributed by atoms with Crippen molar-refractivity contribution in [2.24, 2.45) is 0 Å². The van der Waals surface area contributed by atoms with E-state index in [-0.39, 0.29) is 37.6 Å². The molecule has 3 rings (SSSR count). The maximum absolute atomic E-state index is 13.5. The van der Waals surface area contributed by atoms with Crippen LogP contribution in [-0.2, 0) is 27.4 Å². The van der Waals surface area contributed by atoms with Crippen LogP contribution in [0.2, 0.25) is 0 Å². The highest BCUT2D eigenvalue weighted by molar-refractivity contribution is 5.89. The summed E-state index contributed by atoms with van der Waals surface area (Å²) in [5.74, 6) is 0.926. The van der Waals surface area contributed by atoms with Crippen molar-refractivity contribution in [2.75, 3.05) is 27.4 Å². The molecule has 2 amide bonds. The maximum Gasteiger partial charge on any atom is 0.249 e. The van der Waals surface area contributed by atoms with Crippen molar-refractivity contribution in [1.29, 1.82) is 0 Å². The minimum Gasteiger partial charge on any atom is -0.497 e. The van der Waals surface area contributed by atoms with Crippen LogP contribution in [-0.4, -0.2) is 61.1 Å². The summed E-state index contributed by atoms with van der Waals surface area (Å²) in [6.45, 7) is 4.81. The molecule has 1 saturated heterocycles. The quantitative estimate of drug-likeness (QED) is 0.649. The molecule has 0 unspecified atom stereocenters. The summed E-state index contributed by atoms with van der Waals surface area (Å²) < 4.78 is 16.2. The zero-order valence-electron chi connectivity index (χ0n) is 18.5. The van der Waals surface area contributed by atoms with Gasteiger partial charge >= 0.3 is 0 Å². The van der Waals surface area contributed by atoms with Gasteiger partial charge in [-0.3, -0.25) is 9.59 Å². The fourth-order valence-corrected chi connectivity index (χ4v) is 3.66. The first-order chi connectivity index (χ1) is 14.9. The summed E-state index contributed by atoms with van der Waals surface area (Å²) in [5.41, 5.74) is 1.84. The number of nitrogens with zero attached hydrogens (tertiary/aromatic N) is 2. The van der Waals surface area contributed by atoms with E-state index in [4.69, 9.17) is 14.2 Å². The summed E-state index contributed by atoms with van der Waals surface area (Å²) in [6.07, 6.45) is 0. The molecule has 0 radical (unpaired) electrons. The van der Waals surface area contributed by atoms with Crippen molar-refractivity contribution < 1.29 is 23.8 Å². The van der Waals surface area contributed by atoms with E-state index >= 15 is 0 Å². The Morgan fingerprint density at radius 3 is 2.55 bits per heavy atom. The lowest BCUT2D eigenvalue weighted by Gasteiger charge is -2.39. The van der Waals surface area contributed by atoms with Crippen LogP contribution in [0.3, 0.4) is 0 Å². The highest BCUT2D eigenvalue weighted by Gasteiger charge is 2.37. The van der Waals surface area contributed by atoms with Crippen LogP contribution in [0.1, 0.15) is 25.0 Å². The first-order valence-electron chi connectivity index (χ1n) is 10.4. The normalized spacial score (nSPS) is 16.4. The van der Waals surface area contributed by atoms with Crippen LogP contribution >= 0.6 is 0 Å². The number of methoxy groups -OCH3 is 2. The monoisotopic (exact) mass is 426 g/mol. The van der Waals surface area contributed by atoms with Crippen molar-refractivity contribution in [1.82, 2.24) is 9.80 Å². The summed E-state index contributed by atoms with van der Waals surface area (Å²) in [7, 11) is 3.16. The molecule has 0 aromatic heterocycles. The summed E-state index contributed by atoms with van der Waals surface area (Å²) in [4.78, 5) is 29.7. The standard InChI is InChI=1S/C24H30N2O5/c1-17(2)25(13-18-8-6-5-7-9-18)24(28)21-15-31-16-23(27)26(21)14-19-10-11-20(29-3)12-22(19)30-4/h5-12,17,21H,13-16H2,1-4H3/t21-/m0/s1. The van der Waals surface area contributed by atoms with Gasteiger partial charge in [0.05, 0.1) is 27.4 Å². The molecule has 1 fully saturated rings. The van der Waals surface area contributed by atoms with E-state index in [1.54, 1.807) is 30.1 Å². The lowest BCUT2D eigenvalue weighted by atomic mass is 10.1. The molecule has 2 aromatic rings. The molecule has 7 nitrogen and oxygen atoms in total. The first-order valence-corrected chi connectivity index (χ1v) is 10.4. The summed E-state index contributed by atoms with van der Waals surface area (Å²) in [5, 5.41) is 0. The smallest absolute Gasteiger partial charge is 0.249 e. The minimum absolute atomic E-state index is 0.0258. The van der Waals surface area contributed by atoms with Crippen molar-refractivity contribution >= 4 is 11.8 Å². The Kier molecular flexibility index (Phi) is 7.52. The number of hydrogen-bond acceptors (Lipinski definition) is 5. The molecular formula is C24H30N2O5. The summed E-state index contributed by atoms with van der Waals surface area (Å²) in [6, 6.07) is 14.6. The lowest BCUT2D eigenvalue weighted by Crippen LogP contribution is -2.57. The Bertz CT molecular complexity index is 900. The average Bonchev–Trinajstić information content (AvgIpc) is 2.79. The van der Waals surface area contributed by atoms with Gasteiger partial charge < -0.3 is 24.0 Å². The minimum atomic E-state index is -0.695. The Labute approximate surface area is 183 Å². The first kappa shape index (κ1) is 22.6. The van der Waals surface area contributed by atoms with E-state index in [0.717, 1.165) is 11.1 Å². The van der Waals surface area contributed by atoms with Gasteiger partial charge in [0.1, 0.15) is 24.1 Å². The van der Waals surface area contributed by atoms with Gasteiger partial charge in [-0.1, -0.05) is 30.3 Å².